The predicted molar refractivity (Wildman–Crippen MR) is 77.3 cm³/mol. The third-order valence-corrected chi connectivity index (χ3v) is 2.84. The number of benzene rings is 1. The van der Waals surface area contributed by atoms with Gasteiger partial charge in [-0.3, -0.25) is 0 Å². The number of halogens is 3. The molecule has 1 aromatic carbocycles. The first kappa shape index (κ1) is 16.5. The van der Waals surface area contributed by atoms with Gasteiger partial charge in [-0.05, 0) is 30.2 Å². The van der Waals surface area contributed by atoms with Gasteiger partial charge in [0.05, 0.1) is 5.56 Å². The summed E-state index contributed by atoms with van der Waals surface area (Å²) in [5, 5.41) is 12.5. The van der Waals surface area contributed by atoms with Gasteiger partial charge in [0, 0.05) is 17.8 Å². The molecule has 0 unspecified atom stereocenters. The van der Waals surface area contributed by atoms with Crippen molar-refractivity contribution in [3.63, 3.8) is 0 Å². The van der Waals surface area contributed by atoms with Crippen molar-refractivity contribution in [3.8, 4) is 11.4 Å². The molecule has 0 fully saturated rings. The monoisotopic (exact) mass is 323 g/mol. The van der Waals surface area contributed by atoms with Crippen LogP contribution in [-0.2, 0) is 17.4 Å². The first-order chi connectivity index (χ1) is 10.8. The largest absolute Gasteiger partial charge is 0.478 e. The fraction of sp³-hybridized carbons (Fsp3) is 0.133. The van der Waals surface area contributed by atoms with Gasteiger partial charge in [-0.15, -0.1) is 11.7 Å². The van der Waals surface area contributed by atoms with Crippen molar-refractivity contribution in [1.82, 2.24) is 14.8 Å². The number of aromatic nitrogens is 3. The van der Waals surface area contributed by atoms with Crippen LogP contribution in [0, 0.1) is 0 Å². The van der Waals surface area contributed by atoms with Crippen LogP contribution in [0.25, 0.3) is 17.6 Å². The summed E-state index contributed by atoms with van der Waals surface area (Å²) in [6.07, 6.45) is 0.474. The Balaban J connectivity index is 2.44. The lowest BCUT2D eigenvalue weighted by atomic mass is 10.0. The van der Waals surface area contributed by atoms with Crippen molar-refractivity contribution in [2.75, 3.05) is 0 Å². The maximum Gasteiger partial charge on any atom is 0.416 e. The van der Waals surface area contributed by atoms with E-state index in [4.69, 9.17) is 5.11 Å². The van der Waals surface area contributed by atoms with Gasteiger partial charge < -0.3 is 5.11 Å². The second-order valence-electron chi connectivity index (χ2n) is 4.61. The quantitative estimate of drug-likeness (QED) is 0.677. The molecular weight excluding hydrogens is 311 g/mol. The summed E-state index contributed by atoms with van der Waals surface area (Å²) in [6.45, 7) is 3.51. The number of rotatable bonds is 5. The third kappa shape index (κ3) is 4.29. The predicted octanol–water partition coefficient (Wildman–Crippen LogP) is 3.25. The lowest BCUT2D eigenvalue weighted by molar-refractivity contribution is -0.137. The molecule has 1 aromatic heterocycles. The first-order valence-corrected chi connectivity index (χ1v) is 6.44. The maximum atomic E-state index is 13.0. The molecule has 1 N–H and O–H groups in total. The minimum Gasteiger partial charge on any atom is -0.478 e. The Labute approximate surface area is 129 Å². The van der Waals surface area contributed by atoms with Crippen LogP contribution in [0.4, 0.5) is 13.2 Å². The van der Waals surface area contributed by atoms with E-state index in [0.29, 0.717) is 5.56 Å². The second kappa shape index (κ2) is 6.47. The molecule has 0 aliphatic heterocycles. The average Bonchev–Trinajstić information content (AvgIpc) is 2.93. The van der Waals surface area contributed by atoms with E-state index in [2.05, 4.69) is 16.7 Å². The summed E-state index contributed by atoms with van der Waals surface area (Å²) in [5.41, 5.74) is -0.175. The van der Waals surface area contributed by atoms with Gasteiger partial charge in [-0.2, -0.15) is 13.2 Å². The third-order valence-electron chi connectivity index (χ3n) is 2.84. The highest BCUT2D eigenvalue weighted by atomic mass is 19.4. The van der Waals surface area contributed by atoms with Crippen LogP contribution in [0.15, 0.2) is 43.3 Å². The van der Waals surface area contributed by atoms with Crippen molar-refractivity contribution in [2.24, 2.45) is 0 Å². The Bertz CT molecular complexity index is 764. The van der Waals surface area contributed by atoms with Crippen LogP contribution in [0.1, 0.15) is 11.1 Å². The van der Waals surface area contributed by atoms with Crippen LogP contribution in [0.3, 0.4) is 0 Å². The minimum absolute atomic E-state index is 0.0662. The summed E-state index contributed by atoms with van der Waals surface area (Å²) in [6, 6.07) is 3.54. The summed E-state index contributed by atoms with van der Waals surface area (Å²) in [7, 11) is 0. The molecular formula is C15H12F3N3O2. The Morgan fingerprint density at radius 2 is 2.09 bits per heavy atom. The number of allylic oxidation sites excluding steroid dienone is 1. The zero-order valence-electron chi connectivity index (χ0n) is 11.8. The van der Waals surface area contributed by atoms with Gasteiger partial charge in [0.1, 0.15) is 6.33 Å². The van der Waals surface area contributed by atoms with Crippen molar-refractivity contribution in [1.29, 1.82) is 0 Å². The molecule has 8 heteroatoms. The Hall–Kier alpha value is -2.90. The minimum atomic E-state index is -4.49. The Morgan fingerprint density at radius 3 is 2.70 bits per heavy atom. The highest BCUT2D eigenvalue weighted by molar-refractivity contribution is 5.82. The second-order valence-corrected chi connectivity index (χ2v) is 4.61. The SMILES string of the molecule is C=CCc1cc(-c2ncn(/C=C\C(=O)O)n2)cc(C(F)(F)F)c1. The number of carboxylic acids is 1. The van der Waals surface area contributed by atoms with Crippen molar-refractivity contribution in [2.45, 2.75) is 12.6 Å². The smallest absolute Gasteiger partial charge is 0.416 e. The summed E-state index contributed by atoms with van der Waals surface area (Å²) >= 11 is 0. The molecule has 2 rings (SSSR count). The van der Waals surface area contributed by atoms with E-state index in [-0.39, 0.29) is 17.8 Å². The van der Waals surface area contributed by atoms with Crippen LogP contribution in [0.5, 0.6) is 0 Å². The number of carbonyl (C=O) groups is 1. The van der Waals surface area contributed by atoms with Gasteiger partial charge in [-0.25, -0.2) is 14.5 Å². The average molecular weight is 323 g/mol. The molecule has 0 bridgehead atoms. The summed E-state index contributed by atoms with van der Waals surface area (Å²) in [4.78, 5) is 14.3. The Kier molecular flexibility index (Phi) is 4.63. The van der Waals surface area contributed by atoms with Gasteiger partial charge in [-0.1, -0.05) is 6.08 Å². The molecule has 2 aromatic rings. The van der Waals surface area contributed by atoms with E-state index >= 15 is 0 Å². The van der Waals surface area contributed by atoms with Crippen molar-refractivity contribution >= 4 is 12.2 Å². The van der Waals surface area contributed by atoms with E-state index in [9.17, 15) is 18.0 Å². The van der Waals surface area contributed by atoms with E-state index in [1.54, 1.807) is 0 Å². The van der Waals surface area contributed by atoms with E-state index in [1.165, 1.54) is 18.5 Å². The highest BCUT2D eigenvalue weighted by Crippen LogP contribution is 2.32. The van der Waals surface area contributed by atoms with E-state index in [1.807, 2.05) is 0 Å². The first-order valence-electron chi connectivity index (χ1n) is 6.44. The maximum absolute atomic E-state index is 13.0. The zero-order valence-corrected chi connectivity index (χ0v) is 11.8. The Morgan fingerprint density at radius 1 is 1.35 bits per heavy atom. The lowest BCUT2D eigenvalue weighted by Crippen LogP contribution is -2.06. The fourth-order valence-corrected chi connectivity index (χ4v) is 1.89. The molecule has 0 saturated heterocycles. The molecule has 0 aliphatic carbocycles. The molecule has 120 valence electrons. The number of carboxylic acid groups (broad SMARTS) is 1. The lowest BCUT2D eigenvalue weighted by Gasteiger charge is -2.10. The van der Waals surface area contributed by atoms with Gasteiger partial charge >= 0.3 is 12.1 Å². The molecule has 0 aliphatic rings. The van der Waals surface area contributed by atoms with Crippen LogP contribution < -0.4 is 0 Å². The van der Waals surface area contributed by atoms with Crippen molar-refractivity contribution in [3.05, 3.63) is 54.4 Å². The van der Waals surface area contributed by atoms with E-state index < -0.39 is 17.7 Å². The molecule has 23 heavy (non-hydrogen) atoms. The number of aliphatic carboxylic acids is 1. The van der Waals surface area contributed by atoms with Crippen LogP contribution >= 0.6 is 0 Å². The molecule has 1 heterocycles. The number of hydrogen-bond acceptors (Lipinski definition) is 3. The topological polar surface area (TPSA) is 68.0 Å². The zero-order chi connectivity index (χ0) is 17.0. The van der Waals surface area contributed by atoms with Crippen LogP contribution in [0.2, 0.25) is 0 Å². The molecule has 0 radical (unpaired) electrons. The van der Waals surface area contributed by atoms with Crippen molar-refractivity contribution < 1.29 is 23.1 Å². The highest BCUT2D eigenvalue weighted by Gasteiger charge is 2.31. The molecule has 0 spiro atoms. The van der Waals surface area contributed by atoms with Gasteiger partial charge in [0.15, 0.2) is 5.82 Å². The van der Waals surface area contributed by atoms with E-state index in [0.717, 1.165) is 29.1 Å². The molecule has 0 amide bonds. The molecule has 0 saturated carbocycles. The summed E-state index contributed by atoms with van der Waals surface area (Å²) in [5.74, 6) is -1.11. The standard InChI is InChI=1S/C15H12F3N3O2/c1-2-3-10-6-11(8-12(7-10)15(16,17)18)14-19-9-21(20-14)5-4-13(22)23/h2,4-9H,1,3H2,(H,22,23)/b5-4-. The number of alkyl halides is 3. The molecule has 5 nitrogen and oxygen atoms in total. The van der Waals surface area contributed by atoms with Gasteiger partial charge in [0.2, 0.25) is 0 Å². The summed E-state index contributed by atoms with van der Waals surface area (Å²) < 4.78 is 40.0. The fourth-order valence-electron chi connectivity index (χ4n) is 1.89. The number of hydrogen-bond donors (Lipinski definition) is 1. The molecule has 0 atom stereocenters. The number of nitrogens with zero attached hydrogens (tertiary/aromatic N) is 3. The van der Waals surface area contributed by atoms with Gasteiger partial charge in [0.25, 0.3) is 0 Å². The van der Waals surface area contributed by atoms with Crippen LogP contribution in [-0.4, -0.2) is 25.8 Å². The normalized spacial score (nSPS) is 11.8.